The predicted octanol–water partition coefficient (Wildman–Crippen LogP) is 4.01. The summed E-state index contributed by atoms with van der Waals surface area (Å²) in [5.74, 6) is 3.73. The smallest absolute Gasteiger partial charge is 0.176 e. The van der Waals surface area contributed by atoms with Crippen LogP contribution in [0.25, 0.3) is 0 Å². The van der Waals surface area contributed by atoms with Crippen molar-refractivity contribution in [3.63, 3.8) is 0 Å². The first-order valence-electron chi connectivity index (χ1n) is 8.58. The summed E-state index contributed by atoms with van der Waals surface area (Å²) in [5, 5.41) is 3.67. The molecule has 1 aromatic carbocycles. The normalized spacial score (nSPS) is 34.0. The number of hydrogen-bond acceptors (Lipinski definition) is 3. The molecule has 126 valence electrons. The zero-order valence-corrected chi connectivity index (χ0v) is 15.4. The summed E-state index contributed by atoms with van der Waals surface area (Å²) in [6, 6.07) is 7.45. The Kier molecular flexibility index (Phi) is 4.84. The second kappa shape index (κ2) is 6.56. The molecule has 4 aliphatic rings. The molecule has 0 amide bonds. The van der Waals surface area contributed by atoms with E-state index in [4.69, 9.17) is 4.74 Å². The van der Waals surface area contributed by atoms with Gasteiger partial charge in [0, 0.05) is 11.1 Å². The molecule has 4 aliphatic carbocycles. The Morgan fingerprint density at radius 3 is 2.09 bits per heavy atom. The number of carbonyl (C=O) groups excluding carboxylic acids is 1. The maximum absolute atomic E-state index is 12.4. The Bertz CT molecular complexity index is 534. The third-order valence-corrected chi connectivity index (χ3v) is 6.07. The lowest BCUT2D eigenvalue weighted by Gasteiger charge is -2.57. The van der Waals surface area contributed by atoms with Crippen LogP contribution in [0.4, 0.5) is 0 Å². The van der Waals surface area contributed by atoms with Crippen LogP contribution in [-0.2, 0) is 0 Å². The van der Waals surface area contributed by atoms with Crippen molar-refractivity contribution in [3.05, 3.63) is 29.8 Å². The lowest BCUT2D eigenvalue weighted by Crippen LogP contribution is -2.59. The first-order valence-corrected chi connectivity index (χ1v) is 8.58. The van der Waals surface area contributed by atoms with Gasteiger partial charge in [-0.2, -0.15) is 0 Å². The number of benzene rings is 1. The van der Waals surface area contributed by atoms with Crippen LogP contribution >= 0.6 is 17.0 Å². The summed E-state index contributed by atoms with van der Waals surface area (Å²) in [7, 11) is 1.64. The molecule has 4 bridgehead atoms. The number of carbonyl (C=O) groups is 1. The minimum absolute atomic E-state index is 0. The van der Waals surface area contributed by atoms with Gasteiger partial charge in [0.05, 0.1) is 13.7 Å². The zero-order valence-electron chi connectivity index (χ0n) is 13.7. The van der Waals surface area contributed by atoms with Crippen molar-refractivity contribution in [2.45, 2.75) is 44.1 Å². The fourth-order valence-electron chi connectivity index (χ4n) is 5.47. The average Bonchev–Trinajstić information content (AvgIpc) is 2.51. The molecule has 4 saturated carbocycles. The van der Waals surface area contributed by atoms with Crippen LogP contribution < -0.4 is 10.1 Å². The molecule has 0 atom stereocenters. The monoisotopic (exact) mass is 379 g/mol. The van der Waals surface area contributed by atoms with Gasteiger partial charge >= 0.3 is 0 Å². The Morgan fingerprint density at radius 1 is 1.09 bits per heavy atom. The molecule has 0 aliphatic heterocycles. The van der Waals surface area contributed by atoms with Crippen LogP contribution in [0.3, 0.4) is 0 Å². The van der Waals surface area contributed by atoms with Crippen LogP contribution in [-0.4, -0.2) is 25.0 Å². The quantitative estimate of drug-likeness (QED) is 0.785. The van der Waals surface area contributed by atoms with Crippen LogP contribution in [0.1, 0.15) is 48.9 Å². The van der Waals surface area contributed by atoms with E-state index in [0.717, 1.165) is 29.1 Å². The van der Waals surface area contributed by atoms with E-state index in [1.54, 1.807) is 7.11 Å². The summed E-state index contributed by atoms with van der Waals surface area (Å²) >= 11 is 0. The number of ether oxygens (including phenoxy) is 1. The van der Waals surface area contributed by atoms with E-state index >= 15 is 0 Å². The van der Waals surface area contributed by atoms with Crippen LogP contribution in [0, 0.1) is 17.8 Å². The van der Waals surface area contributed by atoms with Crippen molar-refractivity contribution in [3.8, 4) is 5.75 Å². The molecule has 0 aromatic heterocycles. The molecule has 3 nitrogen and oxygen atoms in total. The lowest BCUT2D eigenvalue weighted by molar-refractivity contribution is -0.0186. The van der Waals surface area contributed by atoms with Gasteiger partial charge in [-0.15, -0.1) is 17.0 Å². The van der Waals surface area contributed by atoms with Gasteiger partial charge < -0.3 is 10.1 Å². The summed E-state index contributed by atoms with van der Waals surface area (Å²) in [5.41, 5.74) is 1.04. The number of hydrogen-bond donors (Lipinski definition) is 1. The first-order chi connectivity index (χ1) is 10.7. The van der Waals surface area contributed by atoms with E-state index in [9.17, 15) is 4.79 Å². The fraction of sp³-hybridized carbons (Fsp3) is 0.632. The molecule has 0 saturated heterocycles. The predicted molar refractivity (Wildman–Crippen MR) is 96.6 cm³/mol. The highest BCUT2D eigenvalue weighted by Crippen LogP contribution is 2.55. The van der Waals surface area contributed by atoms with Gasteiger partial charge in [-0.1, -0.05) is 0 Å². The van der Waals surface area contributed by atoms with Crippen LogP contribution in [0.15, 0.2) is 24.3 Å². The molecule has 0 unspecified atom stereocenters. The van der Waals surface area contributed by atoms with Crippen molar-refractivity contribution >= 4 is 22.8 Å². The number of methoxy groups -OCH3 is 1. The standard InChI is InChI=1S/C19H25NO2.BrH/c1-22-17-4-2-16(3-5-17)18(21)12-20-19-9-13-6-14(10-19)8-15(7-13)11-19;/h2-5,13-15,20H,6-12H2,1H3;1H. The second-order valence-electron chi connectivity index (χ2n) is 7.70. The largest absolute Gasteiger partial charge is 0.497 e. The maximum atomic E-state index is 12.4. The Labute approximate surface area is 148 Å². The molecule has 4 heteroatoms. The van der Waals surface area contributed by atoms with Gasteiger partial charge in [-0.05, 0) is 80.5 Å². The van der Waals surface area contributed by atoms with E-state index in [0.29, 0.717) is 6.54 Å². The van der Waals surface area contributed by atoms with E-state index in [2.05, 4.69) is 5.32 Å². The van der Waals surface area contributed by atoms with Crippen molar-refractivity contribution in [1.82, 2.24) is 5.32 Å². The summed E-state index contributed by atoms with van der Waals surface area (Å²) in [6.45, 7) is 0.471. The minimum atomic E-state index is 0. The molecule has 5 rings (SSSR count). The molecule has 23 heavy (non-hydrogen) atoms. The van der Waals surface area contributed by atoms with Crippen molar-refractivity contribution in [2.24, 2.45) is 17.8 Å². The number of ketones is 1. The lowest BCUT2D eigenvalue weighted by atomic mass is 9.53. The molecule has 1 aromatic rings. The van der Waals surface area contributed by atoms with Crippen LogP contribution in [0.2, 0.25) is 0 Å². The van der Waals surface area contributed by atoms with E-state index in [-0.39, 0.29) is 28.3 Å². The molecule has 0 spiro atoms. The van der Waals surface area contributed by atoms with E-state index in [1.807, 2.05) is 24.3 Å². The second-order valence-corrected chi connectivity index (χ2v) is 7.70. The highest BCUT2D eigenvalue weighted by molar-refractivity contribution is 8.93. The molecule has 4 fully saturated rings. The van der Waals surface area contributed by atoms with Crippen LogP contribution in [0.5, 0.6) is 5.75 Å². The van der Waals surface area contributed by atoms with Gasteiger partial charge in [0.25, 0.3) is 0 Å². The highest BCUT2D eigenvalue weighted by Gasteiger charge is 2.50. The van der Waals surface area contributed by atoms with Gasteiger partial charge in [0.1, 0.15) is 5.75 Å². The molecule has 0 radical (unpaired) electrons. The third kappa shape index (κ3) is 3.34. The first kappa shape index (κ1) is 17.0. The topological polar surface area (TPSA) is 38.3 Å². The number of rotatable bonds is 5. The van der Waals surface area contributed by atoms with E-state index in [1.165, 1.54) is 38.5 Å². The fourth-order valence-corrected chi connectivity index (χ4v) is 5.47. The molecule has 1 N–H and O–H groups in total. The molecular weight excluding hydrogens is 354 g/mol. The minimum Gasteiger partial charge on any atom is -0.497 e. The van der Waals surface area contributed by atoms with Gasteiger partial charge in [-0.25, -0.2) is 0 Å². The number of halogens is 1. The van der Waals surface area contributed by atoms with Crippen molar-refractivity contribution in [1.29, 1.82) is 0 Å². The van der Waals surface area contributed by atoms with Gasteiger partial charge in [0.15, 0.2) is 5.78 Å². The summed E-state index contributed by atoms with van der Waals surface area (Å²) < 4.78 is 5.15. The van der Waals surface area contributed by atoms with Gasteiger partial charge in [-0.3, -0.25) is 4.79 Å². The van der Waals surface area contributed by atoms with Crippen molar-refractivity contribution in [2.75, 3.05) is 13.7 Å². The average molecular weight is 380 g/mol. The third-order valence-electron chi connectivity index (χ3n) is 6.07. The van der Waals surface area contributed by atoms with Crippen molar-refractivity contribution < 1.29 is 9.53 Å². The summed E-state index contributed by atoms with van der Waals surface area (Å²) in [4.78, 5) is 12.4. The number of Topliss-reactive ketones (excluding diaryl/α,β-unsaturated/α-hetero) is 1. The maximum Gasteiger partial charge on any atom is 0.176 e. The Morgan fingerprint density at radius 2 is 1.61 bits per heavy atom. The summed E-state index contributed by atoms with van der Waals surface area (Å²) in [6.07, 6.45) is 8.17. The number of nitrogens with one attached hydrogen (secondary N) is 1. The Balaban J connectivity index is 0.00000156. The molecule has 0 heterocycles. The highest BCUT2D eigenvalue weighted by atomic mass is 79.9. The SMILES string of the molecule is Br.COc1ccc(C(=O)CNC23CC4CC(CC(C4)C2)C3)cc1. The Hall–Kier alpha value is -0.870. The molecular formula is C19H26BrNO2. The van der Waals surface area contributed by atoms with E-state index < -0.39 is 0 Å². The van der Waals surface area contributed by atoms with Gasteiger partial charge in [0.2, 0.25) is 0 Å². The zero-order chi connectivity index (χ0) is 15.2.